The lowest BCUT2D eigenvalue weighted by Crippen LogP contribution is -2.21. The lowest BCUT2D eigenvalue weighted by atomic mass is 10.3. The van der Waals surface area contributed by atoms with E-state index in [1.165, 1.54) is 0 Å². The standard InChI is InChI=1S/C9H10N4S/c1-11-8(10)13-9-12-6-4-2-3-5-7(6)14-9/h2-5H,1H3,(H3,10,11,12,13). The van der Waals surface area contributed by atoms with E-state index in [9.17, 15) is 0 Å². The van der Waals surface area contributed by atoms with Crippen LogP contribution in [0.25, 0.3) is 10.2 Å². The number of nitrogens with two attached hydrogens (primary N) is 1. The smallest absolute Gasteiger partial charge is 0.194 e. The second kappa shape index (κ2) is 3.63. The highest BCUT2D eigenvalue weighted by Gasteiger charge is 2.02. The number of aliphatic imine (C=N–C) groups is 1. The fraction of sp³-hybridized carbons (Fsp3) is 0.111. The Balaban J connectivity index is 2.36. The Labute approximate surface area is 85.5 Å². The van der Waals surface area contributed by atoms with Gasteiger partial charge in [0, 0.05) is 7.05 Å². The van der Waals surface area contributed by atoms with Crippen molar-refractivity contribution in [2.75, 3.05) is 12.4 Å². The van der Waals surface area contributed by atoms with E-state index in [0.29, 0.717) is 5.96 Å². The SMILES string of the molecule is CN=C(N)Nc1nc2ccccc2s1. The number of nitrogens with zero attached hydrogens (tertiary/aromatic N) is 2. The average Bonchev–Trinajstić information content (AvgIpc) is 2.59. The van der Waals surface area contributed by atoms with Gasteiger partial charge in [-0.15, -0.1) is 0 Å². The lowest BCUT2D eigenvalue weighted by Gasteiger charge is -1.97. The molecular formula is C9H10N4S. The topological polar surface area (TPSA) is 63.3 Å². The van der Waals surface area contributed by atoms with Crippen molar-refractivity contribution in [1.82, 2.24) is 4.98 Å². The summed E-state index contributed by atoms with van der Waals surface area (Å²) >= 11 is 1.56. The molecule has 1 aromatic heterocycles. The Bertz CT molecular complexity index is 441. The highest BCUT2D eigenvalue weighted by Crippen LogP contribution is 2.24. The highest BCUT2D eigenvalue weighted by molar-refractivity contribution is 7.22. The van der Waals surface area contributed by atoms with Gasteiger partial charge in [-0.05, 0) is 12.1 Å². The number of hydrogen-bond acceptors (Lipinski definition) is 3. The van der Waals surface area contributed by atoms with E-state index in [4.69, 9.17) is 5.73 Å². The van der Waals surface area contributed by atoms with Gasteiger partial charge < -0.3 is 11.1 Å². The van der Waals surface area contributed by atoms with Gasteiger partial charge in [0.15, 0.2) is 11.1 Å². The molecule has 0 amide bonds. The van der Waals surface area contributed by atoms with Crippen LogP contribution in [0.4, 0.5) is 5.13 Å². The molecule has 0 unspecified atom stereocenters. The number of para-hydroxylation sites is 1. The summed E-state index contributed by atoms with van der Waals surface area (Å²) in [6.07, 6.45) is 0. The van der Waals surface area contributed by atoms with Crippen molar-refractivity contribution in [3.8, 4) is 0 Å². The molecule has 2 aromatic rings. The maximum atomic E-state index is 5.53. The van der Waals surface area contributed by atoms with Crippen molar-refractivity contribution in [2.24, 2.45) is 10.7 Å². The van der Waals surface area contributed by atoms with Gasteiger partial charge in [-0.2, -0.15) is 0 Å². The zero-order valence-electron chi connectivity index (χ0n) is 7.69. The van der Waals surface area contributed by atoms with Crippen LogP contribution in [0.3, 0.4) is 0 Å². The molecule has 0 bridgehead atoms. The number of fused-ring (bicyclic) bond motifs is 1. The predicted molar refractivity (Wildman–Crippen MR) is 60.8 cm³/mol. The molecule has 0 saturated carbocycles. The van der Waals surface area contributed by atoms with Crippen molar-refractivity contribution in [1.29, 1.82) is 0 Å². The number of hydrogen-bond donors (Lipinski definition) is 2. The van der Waals surface area contributed by atoms with Crippen LogP contribution in [0.15, 0.2) is 29.3 Å². The normalized spacial score (nSPS) is 11.9. The number of thiazole rings is 1. The number of nitrogens with one attached hydrogen (secondary N) is 1. The number of rotatable bonds is 1. The molecule has 5 heteroatoms. The summed E-state index contributed by atoms with van der Waals surface area (Å²) in [7, 11) is 1.63. The van der Waals surface area contributed by atoms with Gasteiger partial charge in [-0.25, -0.2) is 4.98 Å². The summed E-state index contributed by atoms with van der Waals surface area (Å²) in [6.45, 7) is 0. The number of aromatic nitrogens is 1. The first kappa shape index (κ1) is 8.96. The monoisotopic (exact) mass is 206 g/mol. The molecule has 1 heterocycles. The van der Waals surface area contributed by atoms with Gasteiger partial charge in [-0.1, -0.05) is 23.5 Å². The van der Waals surface area contributed by atoms with Gasteiger partial charge in [0.2, 0.25) is 0 Å². The molecule has 0 aliphatic carbocycles. The Morgan fingerprint density at radius 2 is 2.29 bits per heavy atom. The maximum Gasteiger partial charge on any atom is 0.194 e. The van der Waals surface area contributed by atoms with Gasteiger partial charge >= 0.3 is 0 Å². The number of anilines is 1. The zero-order valence-corrected chi connectivity index (χ0v) is 8.51. The molecule has 0 radical (unpaired) electrons. The lowest BCUT2D eigenvalue weighted by molar-refractivity contribution is 1.36. The van der Waals surface area contributed by atoms with Crippen LogP contribution in [0, 0.1) is 0 Å². The minimum absolute atomic E-state index is 0.379. The summed E-state index contributed by atoms with van der Waals surface area (Å²) in [5.41, 5.74) is 6.51. The van der Waals surface area contributed by atoms with Gasteiger partial charge in [-0.3, -0.25) is 4.99 Å². The van der Waals surface area contributed by atoms with E-state index < -0.39 is 0 Å². The molecule has 0 aliphatic rings. The maximum absolute atomic E-state index is 5.53. The molecule has 14 heavy (non-hydrogen) atoms. The highest BCUT2D eigenvalue weighted by atomic mass is 32.1. The van der Waals surface area contributed by atoms with Crippen molar-refractivity contribution in [2.45, 2.75) is 0 Å². The fourth-order valence-corrected chi connectivity index (χ4v) is 1.96. The molecule has 1 aromatic carbocycles. The summed E-state index contributed by atoms with van der Waals surface area (Å²) in [5.74, 6) is 0.379. The quantitative estimate of drug-likeness (QED) is 0.551. The van der Waals surface area contributed by atoms with Crippen molar-refractivity contribution < 1.29 is 0 Å². The van der Waals surface area contributed by atoms with E-state index in [1.54, 1.807) is 18.4 Å². The second-order valence-electron chi connectivity index (χ2n) is 2.72. The third-order valence-electron chi connectivity index (χ3n) is 1.77. The van der Waals surface area contributed by atoms with E-state index in [2.05, 4.69) is 15.3 Å². The molecule has 0 saturated heterocycles. The summed E-state index contributed by atoms with van der Waals surface area (Å²) < 4.78 is 1.14. The van der Waals surface area contributed by atoms with Gasteiger partial charge in [0.25, 0.3) is 0 Å². The van der Waals surface area contributed by atoms with E-state index in [0.717, 1.165) is 15.3 Å². The number of benzene rings is 1. The molecule has 0 atom stereocenters. The molecule has 0 fully saturated rings. The van der Waals surface area contributed by atoms with E-state index in [-0.39, 0.29) is 0 Å². The summed E-state index contributed by atoms with van der Waals surface area (Å²) in [6, 6.07) is 7.94. The van der Waals surface area contributed by atoms with Crippen LogP contribution >= 0.6 is 11.3 Å². The van der Waals surface area contributed by atoms with Crippen LogP contribution in [0.5, 0.6) is 0 Å². The molecule has 2 rings (SSSR count). The molecule has 3 N–H and O–H groups in total. The van der Waals surface area contributed by atoms with E-state index >= 15 is 0 Å². The van der Waals surface area contributed by atoms with Crippen molar-refractivity contribution in [3.63, 3.8) is 0 Å². The van der Waals surface area contributed by atoms with Crippen LogP contribution in [0.2, 0.25) is 0 Å². The third kappa shape index (κ3) is 1.67. The fourth-order valence-electron chi connectivity index (χ4n) is 1.09. The molecule has 0 aliphatic heterocycles. The minimum Gasteiger partial charge on any atom is -0.370 e. The van der Waals surface area contributed by atoms with Crippen LogP contribution in [-0.2, 0) is 0 Å². The van der Waals surface area contributed by atoms with Crippen LogP contribution < -0.4 is 11.1 Å². The van der Waals surface area contributed by atoms with Crippen LogP contribution in [0.1, 0.15) is 0 Å². The number of guanidine groups is 1. The van der Waals surface area contributed by atoms with Gasteiger partial charge in [0.1, 0.15) is 0 Å². The Kier molecular flexibility index (Phi) is 2.32. The van der Waals surface area contributed by atoms with Gasteiger partial charge in [0.05, 0.1) is 10.2 Å². The zero-order chi connectivity index (χ0) is 9.97. The Morgan fingerprint density at radius 3 is 3.00 bits per heavy atom. The summed E-state index contributed by atoms with van der Waals surface area (Å²) in [4.78, 5) is 8.15. The molecule has 4 nitrogen and oxygen atoms in total. The average molecular weight is 206 g/mol. The summed E-state index contributed by atoms with van der Waals surface area (Å²) in [5, 5.41) is 3.69. The Morgan fingerprint density at radius 1 is 1.50 bits per heavy atom. The van der Waals surface area contributed by atoms with E-state index in [1.807, 2.05) is 24.3 Å². The largest absolute Gasteiger partial charge is 0.370 e. The molecular weight excluding hydrogens is 196 g/mol. The van der Waals surface area contributed by atoms with Crippen LogP contribution in [-0.4, -0.2) is 18.0 Å². The third-order valence-corrected chi connectivity index (χ3v) is 2.72. The van der Waals surface area contributed by atoms with Crippen molar-refractivity contribution >= 4 is 32.6 Å². The first-order valence-electron chi connectivity index (χ1n) is 4.14. The second-order valence-corrected chi connectivity index (χ2v) is 3.75. The van der Waals surface area contributed by atoms with Crippen molar-refractivity contribution in [3.05, 3.63) is 24.3 Å². The predicted octanol–water partition coefficient (Wildman–Crippen LogP) is 1.65. The first-order valence-corrected chi connectivity index (χ1v) is 4.96. The molecule has 0 spiro atoms. The first-order chi connectivity index (χ1) is 6.79. The Hall–Kier alpha value is -1.62. The minimum atomic E-state index is 0.379. The molecule has 72 valence electrons.